The number of ether oxygens (including phenoxy) is 2. The van der Waals surface area contributed by atoms with Crippen LogP contribution in [0.15, 0.2) is 22.7 Å². The van der Waals surface area contributed by atoms with Crippen LogP contribution in [0.5, 0.6) is 5.75 Å². The van der Waals surface area contributed by atoms with Gasteiger partial charge in [-0.3, -0.25) is 0 Å². The van der Waals surface area contributed by atoms with Gasteiger partial charge in [0.25, 0.3) is 0 Å². The third-order valence-corrected chi connectivity index (χ3v) is 2.76. The number of halogens is 1. The molecule has 0 atom stereocenters. The molecule has 1 rings (SSSR count). The van der Waals surface area contributed by atoms with Crippen LogP contribution < -0.4 is 9.64 Å². The third kappa shape index (κ3) is 3.93. The lowest BCUT2D eigenvalue weighted by Gasteiger charge is -2.20. The van der Waals surface area contributed by atoms with Gasteiger partial charge in [-0.15, -0.1) is 0 Å². The Morgan fingerprint density at radius 1 is 1.41 bits per heavy atom. The van der Waals surface area contributed by atoms with Crippen molar-refractivity contribution in [1.29, 1.82) is 0 Å². The number of carbonyl (C=O) groups is 1. The first kappa shape index (κ1) is 13.8. The van der Waals surface area contributed by atoms with Gasteiger partial charge in [-0.1, -0.05) is 15.9 Å². The molecule has 0 saturated heterocycles. The van der Waals surface area contributed by atoms with Gasteiger partial charge in [-0.25, -0.2) is 4.79 Å². The van der Waals surface area contributed by atoms with E-state index in [-0.39, 0.29) is 0 Å². The summed E-state index contributed by atoms with van der Waals surface area (Å²) < 4.78 is 10.8. The molecule has 0 aliphatic rings. The van der Waals surface area contributed by atoms with Crippen molar-refractivity contribution in [1.82, 2.24) is 0 Å². The summed E-state index contributed by atoms with van der Waals surface area (Å²) >= 11 is 3.39. The average Bonchev–Trinajstić information content (AvgIpc) is 2.30. The van der Waals surface area contributed by atoms with Crippen molar-refractivity contribution >= 4 is 27.8 Å². The first-order chi connectivity index (χ1) is 8.08. The van der Waals surface area contributed by atoms with Gasteiger partial charge in [0, 0.05) is 18.1 Å². The molecule has 0 radical (unpaired) electrons. The molecule has 1 aromatic rings. The molecule has 0 N–H and O–H groups in total. The number of benzene rings is 1. The molecule has 0 amide bonds. The second-order valence-corrected chi connectivity index (χ2v) is 4.33. The summed E-state index contributed by atoms with van der Waals surface area (Å²) in [6.45, 7) is 4.88. The molecule has 0 saturated carbocycles. The van der Waals surface area contributed by atoms with Crippen molar-refractivity contribution < 1.29 is 14.3 Å². The van der Waals surface area contributed by atoms with Crippen molar-refractivity contribution in [2.75, 3.05) is 25.1 Å². The fraction of sp³-hybridized carbons (Fsp3) is 0.417. The van der Waals surface area contributed by atoms with E-state index in [0.29, 0.717) is 12.4 Å². The molecule has 0 bridgehead atoms. The van der Waals surface area contributed by atoms with E-state index in [9.17, 15) is 4.79 Å². The van der Waals surface area contributed by atoms with E-state index in [4.69, 9.17) is 9.47 Å². The minimum Gasteiger partial charge on any atom is -0.434 e. The standard InChI is InChI=1S/C12H16BrNO3/c1-4-14(3)10-8-9(13)6-7-11(10)17-12(15)16-5-2/h6-8H,4-5H2,1-3H3. The minimum atomic E-state index is -0.680. The number of rotatable bonds is 4. The molecule has 0 heterocycles. The van der Waals surface area contributed by atoms with Crippen molar-refractivity contribution in [3.05, 3.63) is 22.7 Å². The van der Waals surface area contributed by atoms with E-state index in [1.54, 1.807) is 13.0 Å². The molecule has 0 unspecified atom stereocenters. The SMILES string of the molecule is CCOC(=O)Oc1ccc(Br)cc1N(C)CC. The zero-order valence-corrected chi connectivity index (χ0v) is 11.8. The Labute approximate surface area is 110 Å². The van der Waals surface area contributed by atoms with Crippen molar-refractivity contribution in [2.45, 2.75) is 13.8 Å². The van der Waals surface area contributed by atoms with E-state index < -0.39 is 6.16 Å². The molecule has 0 fully saturated rings. The summed E-state index contributed by atoms with van der Waals surface area (Å²) in [5.74, 6) is 0.496. The third-order valence-electron chi connectivity index (χ3n) is 2.26. The van der Waals surface area contributed by atoms with Crippen LogP contribution in [0.25, 0.3) is 0 Å². The maximum Gasteiger partial charge on any atom is 0.513 e. The highest BCUT2D eigenvalue weighted by atomic mass is 79.9. The monoisotopic (exact) mass is 301 g/mol. The number of nitrogens with zero attached hydrogens (tertiary/aromatic N) is 1. The van der Waals surface area contributed by atoms with Gasteiger partial charge in [0.15, 0.2) is 5.75 Å². The van der Waals surface area contributed by atoms with Crippen LogP contribution >= 0.6 is 15.9 Å². The van der Waals surface area contributed by atoms with Crippen LogP contribution in [-0.4, -0.2) is 26.4 Å². The van der Waals surface area contributed by atoms with E-state index in [1.165, 1.54) is 0 Å². The van der Waals surface area contributed by atoms with Gasteiger partial charge in [0.2, 0.25) is 0 Å². The fourth-order valence-corrected chi connectivity index (χ4v) is 1.63. The second kappa shape index (κ2) is 6.49. The Morgan fingerprint density at radius 3 is 2.71 bits per heavy atom. The highest BCUT2D eigenvalue weighted by Crippen LogP contribution is 2.31. The van der Waals surface area contributed by atoms with Crippen molar-refractivity contribution in [3.63, 3.8) is 0 Å². The Kier molecular flexibility index (Phi) is 5.28. The highest BCUT2D eigenvalue weighted by molar-refractivity contribution is 9.10. The molecule has 0 spiro atoms. The topological polar surface area (TPSA) is 38.8 Å². The van der Waals surface area contributed by atoms with E-state index in [1.807, 2.05) is 31.0 Å². The summed E-state index contributed by atoms with van der Waals surface area (Å²) in [6.07, 6.45) is -0.680. The maximum atomic E-state index is 11.3. The molecule has 5 heteroatoms. The lowest BCUT2D eigenvalue weighted by molar-refractivity contribution is 0.104. The lowest BCUT2D eigenvalue weighted by atomic mass is 10.2. The Hall–Kier alpha value is -1.23. The van der Waals surface area contributed by atoms with E-state index in [2.05, 4.69) is 15.9 Å². The summed E-state index contributed by atoms with van der Waals surface area (Å²) in [5.41, 5.74) is 0.843. The van der Waals surface area contributed by atoms with Gasteiger partial charge in [0.05, 0.1) is 12.3 Å². The second-order valence-electron chi connectivity index (χ2n) is 3.41. The first-order valence-corrected chi connectivity index (χ1v) is 6.23. The highest BCUT2D eigenvalue weighted by Gasteiger charge is 2.12. The quantitative estimate of drug-likeness (QED) is 0.631. The van der Waals surface area contributed by atoms with Gasteiger partial charge in [-0.05, 0) is 32.0 Å². The zero-order chi connectivity index (χ0) is 12.8. The zero-order valence-electron chi connectivity index (χ0n) is 10.2. The smallest absolute Gasteiger partial charge is 0.434 e. The molecular formula is C12H16BrNO3. The van der Waals surface area contributed by atoms with Crippen LogP contribution in [0.1, 0.15) is 13.8 Å². The number of carbonyl (C=O) groups excluding carboxylic acids is 1. The molecule has 1 aromatic carbocycles. The molecule has 0 aromatic heterocycles. The summed E-state index contributed by atoms with van der Waals surface area (Å²) in [4.78, 5) is 13.3. The van der Waals surface area contributed by atoms with Crippen LogP contribution in [0.4, 0.5) is 10.5 Å². The van der Waals surface area contributed by atoms with Gasteiger partial charge >= 0.3 is 6.16 Å². The van der Waals surface area contributed by atoms with Crippen LogP contribution in [-0.2, 0) is 4.74 Å². The van der Waals surface area contributed by atoms with Crippen LogP contribution in [0.2, 0.25) is 0 Å². The molecule has 4 nitrogen and oxygen atoms in total. The lowest BCUT2D eigenvalue weighted by Crippen LogP contribution is -2.18. The minimum absolute atomic E-state index is 0.300. The van der Waals surface area contributed by atoms with Gasteiger partial charge in [0.1, 0.15) is 0 Å². The van der Waals surface area contributed by atoms with Gasteiger partial charge in [-0.2, -0.15) is 0 Å². The number of anilines is 1. The van der Waals surface area contributed by atoms with E-state index >= 15 is 0 Å². The molecule has 94 valence electrons. The van der Waals surface area contributed by atoms with Gasteiger partial charge < -0.3 is 14.4 Å². The number of hydrogen-bond donors (Lipinski definition) is 0. The summed E-state index contributed by atoms with van der Waals surface area (Å²) in [7, 11) is 1.93. The molecular weight excluding hydrogens is 286 g/mol. The first-order valence-electron chi connectivity index (χ1n) is 5.43. The largest absolute Gasteiger partial charge is 0.513 e. The summed E-state index contributed by atoms with van der Waals surface area (Å²) in [6, 6.07) is 5.46. The van der Waals surface area contributed by atoms with Crippen molar-refractivity contribution in [2.24, 2.45) is 0 Å². The predicted octanol–water partition coefficient (Wildman–Crippen LogP) is 3.44. The molecule has 0 aliphatic heterocycles. The van der Waals surface area contributed by atoms with Crippen LogP contribution in [0, 0.1) is 0 Å². The predicted molar refractivity (Wildman–Crippen MR) is 70.7 cm³/mol. The fourth-order valence-electron chi connectivity index (χ4n) is 1.28. The molecule has 17 heavy (non-hydrogen) atoms. The summed E-state index contributed by atoms with van der Waals surface area (Å²) in [5, 5.41) is 0. The number of hydrogen-bond acceptors (Lipinski definition) is 4. The Balaban J connectivity index is 2.94. The Morgan fingerprint density at radius 2 is 2.12 bits per heavy atom. The normalized spacial score (nSPS) is 9.88. The molecule has 0 aliphatic carbocycles. The van der Waals surface area contributed by atoms with Crippen LogP contribution in [0.3, 0.4) is 0 Å². The van der Waals surface area contributed by atoms with E-state index in [0.717, 1.165) is 16.7 Å². The average molecular weight is 302 g/mol. The van der Waals surface area contributed by atoms with Crippen molar-refractivity contribution in [3.8, 4) is 5.75 Å². The maximum absolute atomic E-state index is 11.3. The Bertz CT molecular complexity index is 395.